The molecule has 2 N–H and O–H groups in total. The van der Waals surface area contributed by atoms with E-state index in [1.807, 2.05) is 6.07 Å². The van der Waals surface area contributed by atoms with Crippen LogP contribution in [0.25, 0.3) is 10.8 Å². The molecule has 5 heteroatoms. The van der Waals surface area contributed by atoms with E-state index in [0.29, 0.717) is 5.39 Å². The Morgan fingerprint density at radius 3 is 1.61 bits per heavy atom. The zero-order valence-corrected chi connectivity index (χ0v) is 21.8. The standard InChI is InChI=1S/C18H39N.C10H8O3S/c1-3-5-7-9-11-13-15-17-19-18-16-14-12-10-8-6-4-2;11-14(12,13)10-7-3-5-8-4-1-2-6-9(8)10/h19H,3-18H2,1-2H3;1-7H,(H,11,12,13). The quantitative estimate of drug-likeness (QED) is 0.178. The maximum Gasteiger partial charge on any atom is 0.295 e. The van der Waals surface area contributed by atoms with Crippen LogP contribution in [0.2, 0.25) is 0 Å². The molecule has 0 atom stereocenters. The molecule has 0 fully saturated rings. The van der Waals surface area contributed by atoms with Gasteiger partial charge in [0.05, 0.1) is 0 Å². The molecule has 0 aliphatic heterocycles. The van der Waals surface area contributed by atoms with Crippen LogP contribution in [-0.4, -0.2) is 26.1 Å². The topological polar surface area (TPSA) is 66.4 Å². The molecule has 0 heterocycles. The van der Waals surface area contributed by atoms with Crippen molar-refractivity contribution in [3.63, 3.8) is 0 Å². The SMILES string of the molecule is CCCCCCCCCNCCCCCCCCC.O=S(=O)(O)c1cccc2ccccc12. The first kappa shape index (κ1) is 29.6. The summed E-state index contributed by atoms with van der Waals surface area (Å²) in [6, 6.07) is 11.8. The fourth-order valence-corrected chi connectivity index (χ4v) is 4.67. The van der Waals surface area contributed by atoms with Gasteiger partial charge in [-0.25, -0.2) is 0 Å². The summed E-state index contributed by atoms with van der Waals surface area (Å²) in [5.41, 5.74) is 0. The van der Waals surface area contributed by atoms with Gasteiger partial charge in [-0.1, -0.05) is 127 Å². The van der Waals surface area contributed by atoms with Crippen molar-refractivity contribution in [2.24, 2.45) is 0 Å². The van der Waals surface area contributed by atoms with Crippen molar-refractivity contribution in [3.8, 4) is 0 Å². The zero-order chi connectivity index (χ0) is 24.2. The summed E-state index contributed by atoms with van der Waals surface area (Å²) >= 11 is 0. The first-order chi connectivity index (χ1) is 16.0. The first-order valence-electron chi connectivity index (χ1n) is 13.2. The Hall–Kier alpha value is -1.43. The molecule has 2 aromatic rings. The largest absolute Gasteiger partial charge is 0.317 e. The molecule has 0 aliphatic carbocycles. The van der Waals surface area contributed by atoms with Gasteiger partial charge in [-0.2, -0.15) is 8.42 Å². The fraction of sp³-hybridized carbons (Fsp3) is 0.643. The highest BCUT2D eigenvalue weighted by molar-refractivity contribution is 7.86. The molecular weight excluding hydrogens is 430 g/mol. The minimum Gasteiger partial charge on any atom is -0.317 e. The number of benzene rings is 2. The third kappa shape index (κ3) is 14.4. The van der Waals surface area contributed by atoms with Crippen molar-refractivity contribution in [2.45, 2.75) is 109 Å². The van der Waals surface area contributed by atoms with E-state index in [1.165, 1.54) is 109 Å². The number of nitrogens with one attached hydrogen (secondary N) is 1. The lowest BCUT2D eigenvalue weighted by atomic mass is 10.1. The Morgan fingerprint density at radius 1 is 0.636 bits per heavy atom. The van der Waals surface area contributed by atoms with Gasteiger partial charge in [-0.3, -0.25) is 4.55 Å². The molecule has 0 aromatic heterocycles. The van der Waals surface area contributed by atoms with Crippen LogP contribution in [0.4, 0.5) is 0 Å². The molecule has 4 nitrogen and oxygen atoms in total. The van der Waals surface area contributed by atoms with Gasteiger partial charge in [0.2, 0.25) is 0 Å². The predicted octanol–water partition coefficient (Wildman–Crippen LogP) is 8.16. The summed E-state index contributed by atoms with van der Waals surface area (Å²) in [4.78, 5) is -0.0457. The van der Waals surface area contributed by atoms with Crippen molar-refractivity contribution in [1.82, 2.24) is 5.32 Å². The van der Waals surface area contributed by atoms with Crippen LogP contribution in [0.3, 0.4) is 0 Å². The van der Waals surface area contributed by atoms with Gasteiger partial charge in [0.15, 0.2) is 0 Å². The summed E-state index contributed by atoms with van der Waals surface area (Å²) in [7, 11) is -4.13. The average Bonchev–Trinajstić information content (AvgIpc) is 2.81. The maximum atomic E-state index is 11.0. The minimum atomic E-state index is -4.13. The van der Waals surface area contributed by atoms with Gasteiger partial charge in [0, 0.05) is 5.39 Å². The van der Waals surface area contributed by atoms with Crippen LogP contribution >= 0.6 is 0 Å². The second kappa shape index (κ2) is 18.9. The van der Waals surface area contributed by atoms with Crippen LogP contribution in [-0.2, 0) is 10.1 Å². The predicted molar refractivity (Wildman–Crippen MR) is 143 cm³/mol. The van der Waals surface area contributed by atoms with Crippen LogP contribution < -0.4 is 5.32 Å². The second-order valence-corrected chi connectivity index (χ2v) is 10.3. The van der Waals surface area contributed by atoms with Gasteiger partial charge in [-0.15, -0.1) is 0 Å². The molecule has 2 rings (SSSR count). The minimum absolute atomic E-state index is 0.0457. The van der Waals surface area contributed by atoms with E-state index >= 15 is 0 Å². The highest BCUT2D eigenvalue weighted by Gasteiger charge is 2.12. The first-order valence-corrected chi connectivity index (χ1v) is 14.6. The molecule has 0 saturated carbocycles. The summed E-state index contributed by atoms with van der Waals surface area (Å²) in [5, 5.41) is 4.92. The summed E-state index contributed by atoms with van der Waals surface area (Å²) in [5.74, 6) is 0. The molecule has 0 aliphatic rings. The average molecular weight is 478 g/mol. The Bertz CT molecular complexity index is 815. The number of hydrogen-bond donors (Lipinski definition) is 2. The molecular formula is C28H47NO3S. The Morgan fingerprint density at radius 2 is 1.09 bits per heavy atom. The molecule has 2 aromatic carbocycles. The molecule has 0 amide bonds. The van der Waals surface area contributed by atoms with Crippen LogP contribution in [0, 0.1) is 0 Å². The summed E-state index contributed by atoms with van der Waals surface area (Å²) in [6.45, 7) is 7.05. The van der Waals surface area contributed by atoms with Gasteiger partial charge < -0.3 is 5.32 Å². The van der Waals surface area contributed by atoms with Crippen LogP contribution in [0.5, 0.6) is 0 Å². The third-order valence-corrected chi connectivity index (χ3v) is 6.85. The van der Waals surface area contributed by atoms with E-state index in [4.69, 9.17) is 4.55 Å². The fourth-order valence-electron chi connectivity index (χ4n) is 3.96. The highest BCUT2D eigenvalue weighted by Crippen LogP contribution is 2.22. The zero-order valence-electron chi connectivity index (χ0n) is 21.0. The number of hydrogen-bond acceptors (Lipinski definition) is 3. The van der Waals surface area contributed by atoms with Crippen LogP contribution in [0.15, 0.2) is 47.4 Å². The Labute approximate surface area is 203 Å². The second-order valence-electron chi connectivity index (χ2n) is 8.94. The highest BCUT2D eigenvalue weighted by atomic mass is 32.2. The maximum absolute atomic E-state index is 11.0. The lowest BCUT2D eigenvalue weighted by Gasteiger charge is -2.05. The van der Waals surface area contributed by atoms with Crippen molar-refractivity contribution in [1.29, 1.82) is 0 Å². The summed E-state index contributed by atoms with van der Waals surface area (Å²) < 4.78 is 31.0. The normalized spacial score (nSPS) is 11.4. The van der Waals surface area contributed by atoms with Gasteiger partial charge >= 0.3 is 0 Å². The van der Waals surface area contributed by atoms with Gasteiger partial charge in [0.1, 0.15) is 4.90 Å². The molecule has 0 unspecified atom stereocenters. The summed E-state index contributed by atoms with van der Waals surface area (Å²) in [6.07, 6.45) is 19.9. The molecule has 33 heavy (non-hydrogen) atoms. The number of unbranched alkanes of at least 4 members (excludes halogenated alkanes) is 12. The lowest BCUT2D eigenvalue weighted by Crippen LogP contribution is -2.16. The molecule has 188 valence electrons. The van der Waals surface area contributed by atoms with E-state index < -0.39 is 10.1 Å². The molecule has 0 bridgehead atoms. The Kier molecular flexibility index (Phi) is 17.0. The van der Waals surface area contributed by atoms with E-state index in [0.717, 1.165) is 5.39 Å². The smallest absolute Gasteiger partial charge is 0.295 e. The molecule has 0 radical (unpaired) electrons. The van der Waals surface area contributed by atoms with Gasteiger partial charge in [0.25, 0.3) is 10.1 Å². The third-order valence-electron chi connectivity index (χ3n) is 5.94. The lowest BCUT2D eigenvalue weighted by molar-refractivity contribution is 0.484. The van der Waals surface area contributed by atoms with Crippen LogP contribution in [0.1, 0.15) is 104 Å². The Balaban J connectivity index is 0.000000342. The number of rotatable bonds is 17. The van der Waals surface area contributed by atoms with Crippen molar-refractivity contribution in [2.75, 3.05) is 13.1 Å². The molecule has 0 spiro atoms. The van der Waals surface area contributed by atoms with E-state index in [-0.39, 0.29) is 4.90 Å². The molecule has 0 saturated heterocycles. The van der Waals surface area contributed by atoms with E-state index in [2.05, 4.69) is 19.2 Å². The van der Waals surface area contributed by atoms with Gasteiger partial charge in [-0.05, 0) is 37.4 Å². The van der Waals surface area contributed by atoms with Crippen molar-refractivity contribution >= 4 is 20.9 Å². The van der Waals surface area contributed by atoms with Crippen molar-refractivity contribution < 1.29 is 13.0 Å². The van der Waals surface area contributed by atoms with E-state index in [1.54, 1.807) is 30.3 Å². The number of fused-ring (bicyclic) bond motifs is 1. The van der Waals surface area contributed by atoms with E-state index in [9.17, 15) is 8.42 Å². The van der Waals surface area contributed by atoms with Crippen molar-refractivity contribution in [3.05, 3.63) is 42.5 Å². The monoisotopic (exact) mass is 477 g/mol.